The molecule has 0 bridgehead atoms. The van der Waals surface area contributed by atoms with Crippen LogP contribution in [0.1, 0.15) is 5.56 Å². The van der Waals surface area contributed by atoms with Crippen LogP contribution in [0.5, 0.6) is 0 Å². The van der Waals surface area contributed by atoms with E-state index in [1.165, 1.54) is 0 Å². The molecule has 0 aromatic heterocycles. The topological polar surface area (TPSA) is 74.8 Å². The summed E-state index contributed by atoms with van der Waals surface area (Å²) in [6.07, 6.45) is 0. The van der Waals surface area contributed by atoms with Crippen LogP contribution in [0, 0.1) is 0 Å². The number of nitrogens with one attached hydrogen (secondary N) is 3. The maximum Gasteiger partial charge on any atom is 0.239 e. The Hall–Kier alpha value is -0.770. The highest BCUT2D eigenvalue weighted by Crippen LogP contribution is 2.20. The van der Waals surface area contributed by atoms with Gasteiger partial charge in [0.1, 0.15) is 0 Å². The van der Waals surface area contributed by atoms with Crippen molar-refractivity contribution in [3.63, 3.8) is 0 Å². The van der Waals surface area contributed by atoms with Gasteiger partial charge in [0.25, 0.3) is 0 Å². The lowest BCUT2D eigenvalue weighted by Crippen LogP contribution is -2.43. The molecule has 0 aliphatic rings. The fourth-order valence-corrected chi connectivity index (χ4v) is 2.06. The first-order valence-electron chi connectivity index (χ1n) is 6.71. The molecule has 1 aromatic carbocycles. The van der Waals surface area contributed by atoms with Crippen LogP contribution in [0.25, 0.3) is 0 Å². The number of ether oxygens (including phenoxy) is 1. The highest BCUT2D eigenvalue weighted by atomic mass is 127. The molecule has 9 heteroatoms. The molecule has 0 spiro atoms. The number of aliphatic imine (C=N–C) groups is 1. The van der Waals surface area contributed by atoms with Crippen LogP contribution in [0.2, 0.25) is 10.0 Å². The minimum atomic E-state index is -0.135. The number of amides is 1. The standard InChI is InChI=1S/C14H20Cl2N4O2.HI/c1-17-14(20-9-13(21)18-5-6-22-2)19-8-10-3-4-11(15)7-12(10)16;/h3-4,7H,5-6,8-9H2,1-2H3,(H,18,21)(H2,17,19,20);1H. The molecule has 0 radical (unpaired) electrons. The van der Waals surface area contributed by atoms with Gasteiger partial charge in [-0.1, -0.05) is 29.3 Å². The van der Waals surface area contributed by atoms with E-state index in [1.807, 2.05) is 6.07 Å². The van der Waals surface area contributed by atoms with Crippen molar-refractivity contribution >= 4 is 59.0 Å². The van der Waals surface area contributed by atoms with Crippen molar-refractivity contribution in [3.8, 4) is 0 Å². The quantitative estimate of drug-likeness (QED) is 0.244. The first-order valence-corrected chi connectivity index (χ1v) is 7.46. The van der Waals surface area contributed by atoms with Gasteiger partial charge in [0, 0.05) is 37.3 Å². The second kappa shape index (κ2) is 12.6. The number of benzene rings is 1. The summed E-state index contributed by atoms with van der Waals surface area (Å²) in [6.45, 7) is 1.55. The van der Waals surface area contributed by atoms with Crippen molar-refractivity contribution in [1.29, 1.82) is 0 Å². The zero-order chi connectivity index (χ0) is 16.4. The maximum atomic E-state index is 11.6. The molecule has 130 valence electrons. The highest BCUT2D eigenvalue weighted by Gasteiger charge is 2.05. The number of guanidine groups is 1. The van der Waals surface area contributed by atoms with Gasteiger partial charge in [-0.15, -0.1) is 24.0 Å². The van der Waals surface area contributed by atoms with E-state index in [4.69, 9.17) is 27.9 Å². The minimum absolute atomic E-state index is 0. The maximum absolute atomic E-state index is 11.6. The summed E-state index contributed by atoms with van der Waals surface area (Å²) in [4.78, 5) is 15.6. The van der Waals surface area contributed by atoms with Gasteiger partial charge in [-0.25, -0.2) is 0 Å². The molecular formula is C14H21Cl2IN4O2. The fraction of sp³-hybridized carbons (Fsp3) is 0.429. The summed E-state index contributed by atoms with van der Waals surface area (Å²) >= 11 is 11.9. The SMILES string of the molecule is CN=C(NCC(=O)NCCOC)NCc1ccc(Cl)cc1Cl.I. The molecule has 0 saturated carbocycles. The second-order valence-corrected chi connectivity index (χ2v) is 5.20. The summed E-state index contributed by atoms with van der Waals surface area (Å²) in [5.74, 6) is 0.373. The van der Waals surface area contributed by atoms with Crippen molar-refractivity contribution in [2.75, 3.05) is 33.9 Å². The lowest BCUT2D eigenvalue weighted by Gasteiger charge is -2.12. The van der Waals surface area contributed by atoms with Gasteiger partial charge >= 0.3 is 0 Å². The third-order valence-corrected chi connectivity index (χ3v) is 3.32. The van der Waals surface area contributed by atoms with E-state index < -0.39 is 0 Å². The van der Waals surface area contributed by atoms with Gasteiger partial charge in [-0.3, -0.25) is 9.79 Å². The molecule has 6 nitrogen and oxygen atoms in total. The molecule has 1 amide bonds. The molecule has 3 N–H and O–H groups in total. The number of carbonyl (C=O) groups is 1. The number of hydrogen-bond acceptors (Lipinski definition) is 3. The van der Waals surface area contributed by atoms with Gasteiger partial charge in [-0.05, 0) is 17.7 Å². The average Bonchev–Trinajstić information content (AvgIpc) is 2.49. The van der Waals surface area contributed by atoms with Crippen LogP contribution in [0.4, 0.5) is 0 Å². The highest BCUT2D eigenvalue weighted by molar-refractivity contribution is 14.0. The first kappa shape index (κ1) is 22.2. The number of nitrogens with zero attached hydrogens (tertiary/aromatic N) is 1. The number of halogens is 3. The minimum Gasteiger partial charge on any atom is -0.383 e. The van der Waals surface area contributed by atoms with Crippen molar-refractivity contribution in [2.24, 2.45) is 4.99 Å². The van der Waals surface area contributed by atoms with Gasteiger partial charge in [0.15, 0.2) is 5.96 Å². The van der Waals surface area contributed by atoms with Crippen molar-refractivity contribution in [1.82, 2.24) is 16.0 Å². The Kier molecular flexibility index (Phi) is 12.2. The van der Waals surface area contributed by atoms with Crippen LogP contribution in [0.3, 0.4) is 0 Å². The van der Waals surface area contributed by atoms with E-state index in [1.54, 1.807) is 26.3 Å². The molecule has 0 heterocycles. The Morgan fingerprint density at radius 3 is 2.61 bits per heavy atom. The third-order valence-electron chi connectivity index (χ3n) is 2.73. The smallest absolute Gasteiger partial charge is 0.239 e. The lowest BCUT2D eigenvalue weighted by molar-refractivity contribution is -0.120. The monoisotopic (exact) mass is 474 g/mol. The molecular weight excluding hydrogens is 454 g/mol. The second-order valence-electron chi connectivity index (χ2n) is 4.36. The van der Waals surface area contributed by atoms with E-state index in [2.05, 4.69) is 20.9 Å². The Bertz CT molecular complexity index is 529. The summed E-state index contributed by atoms with van der Waals surface area (Å²) in [7, 11) is 3.21. The normalized spacial score (nSPS) is 10.7. The summed E-state index contributed by atoms with van der Waals surface area (Å²) < 4.78 is 4.85. The molecule has 1 aromatic rings. The summed E-state index contributed by atoms with van der Waals surface area (Å²) in [6, 6.07) is 5.28. The first-order chi connectivity index (χ1) is 10.6. The molecule has 0 saturated heterocycles. The van der Waals surface area contributed by atoms with Gasteiger partial charge < -0.3 is 20.7 Å². The molecule has 0 unspecified atom stereocenters. The number of rotatable bonds is 7. The largest absolute Gasteiger partial charge is 0.383 e. The molecule has 0 aliphatic heterocycles. The molecule has 0 fully saturated rings. The Balaban J connectivity index is 0.00000484. The Labute approximate surface area is 163 Å². The van der Waals surface area contributed by atoms with E-state index in [9.17, 15) is 4.79 Å². The van der Waals surface area contributed by atoms with E-state index in [0.29, 0.717) is 35.7 Å². The number of carbonyl (C=O) groups excluding carboxylic acids is 1. The molecule has 0 atom stereocenters. The summed E-state index contributed by atoms with van der Waals surface area (Å²) in [5.41, 5.74) is 0.888. The summed E-state index contributed by atoms with van der Waals surface area (Å²) in [5, 5.41) is 9.86. The van der Waals surface area contributed by atoms with Gasteiger partial charge in [0.05, 0.1) is 13.2 Å². The van der Waals surface area contributed by atoms with Crippen molar-refractivity contribution in [2.45, 2.75) is 6.54 Å². The van der Waals surface area contributed by atoms with Crippen LogP contribution < -0.4 is 16.0 Å². The average molecular weight is 475 g/mol. The van der Waals surface area contributed by atoms with Crippen LogP contribution in [0.15, 0.2) is 23.2 Å². The van der Waals surface area contributed by atoms with Crippen LogP contribution in [-0.2, 0) is 16.1 Å². The predicted molar refractivity (Wildman–Crippen MR) is 105 cm³/mol. The van der Waals surface area contributed by atoms with Gasteiger partial charge in [-0.2, -0.15) is 0 Å². The Morgan fingerprint density at radius 1 is 1.26 bits per heavy atom. The van der Waals surface area contributed by atoms with E-state index >= 15 is 0 Å². The third kappa shape index (κ3) is 9.19. The van der Waals surface area contributed by atoms with Crippen LogP contribution in [-0.4, -0.2) is 45.7 Å². The zero-order valence-electron chi connectivity index (χ0n) is 13.0. The number of methoxy groups -OCH3 is 1. The Morgan fingerprint density at radius 2 is 2.00 bits per heavy atom. The van der Waals surface area contributed by atoms with Crippen LogP contribution >= 0.6 is 47.2 Å². The number of hydrogen-bond donors (Lipinski definition) is 3. The fourth-order valence-electron chi connectivity index (χ4n) is 1.58. The van der Waals surface area contributed by atoms with E-state index in [0.717, 1.165) is 5.56 Å². The van der Waals surface area contributed by atoms with Gasteiger partial charge in [0.2, 0.25) is 5.91 Å². The lowest BCUT2D eigenvalue weighted by atomic mass is 10.2. The van der Waals surface area contributed by atoms with Crippen molar-refractivity contribution in [3.05, 3.63) is 33.8 Å². The van der Waals surface area contributed by atoms with E-state index in [-0.39, 0.29) is 36.4 Å². The molecule has 1 rings (SSSR count). The van der Waals surface area contributed by atoms with Crippen molar-refractivity contribution < 1.29 is 9.53 Å². The molecule has 0 aliphatic carbocycles. The zero-order valence-corrected chi connectivity index (χ0v) is 16.8. The molecule has 23 heavy (non-hydrogen) atoms. The predicted octanol–water partition coefficient (Wildman–Crippen LogP) is 2.04.